The number of para-hydroxylation sites is 1. The summed E-state index contributed by atoms with van der Waals surface area (Å²) in [5, 5.41) is 9.57. The highest BCUT2D eigenvalue weighted by Crippen LogP contribution is 2.25. The van der Waals surface area contributed by atoms with Crippen LogP contribution < -0.4 is 5.43 Å². The number of benzene rings is 2. The number of unbranched alkanes of at least 4 members (excludes halogenated alkanes) is 8. The predicted molar refractivity (Wildman–Crippen MR) is 130 cm³/mol. The molecule has 32 heavy (non-hydrogen) atoms. The van der Waals surface area contributed by atoms with Gasteiger partial charge in [0.25, 0.3) is 0 Å². The molecule has 0 saturated heterocycles. The van der Waals surface area contributed by atoms with Crippen LogP contribution in [0.25, 0.3) is 22.3 Å². The fraction of sp³-hybridized carbons (Fsp3) is 0.429. The maximum absolute atomic E-state index is 12.6. The molecule has 1 aromatic heterocycles. The number of carbonyl (C=O) groups is 1. The van der Waals surface area contributed by atoms with Crippen LogP contribution in [0.2, 0.25) is 0 Å². The van der Waals surface area contributed by atoms with Crippen molar-refractivity contribution in [2.45, 2.75) is 77.6 Å². The second-order valence-electron chi connectivity index (χ2n) is 8.61. The number of carboxylic acids is 1. The fourth-order valence-corrected chi connectivity index (χ4v) is 4.16. The number of hydrogen-bond acceptors (Lipinski definition) is 3. The Morgan fingerprint density at radius 3 is 2.19 bits per heavy atom. The molecule has 3 aromatic rings. The molecule has 1 heterocycles. The zero-order valence-electron chi connectivity index (χ0n) is 19.1. The number of aryl methyl sites for hydroxylation is 1. The fourth-order valence-electron chi connectivity index (χ4n) is 4.16. The zero-order chi connectivity index (χ0) is 22.8. The van der Waals surface area contributed by atoms with E-state index in [9.17, 15) is 9.59 Å². The molecule has 4 heteroatoms. The molecule has 2 aromatic carbocycles. The van der Waals surface area contributed by atoms with Gasteiger partial charge in [-0.1, -0.05) is 94.7 Å². The smallest absolute Gasteiger partial charge is 0.307 e. The normalized spacial score (nSPS) is 11.2. The second kappa shape index (κ2) is 12.2. The molecule has 3 rings (SSSR count). The average Bonchev–Trinajstić information content (AvgIpc) is 2.78. The average molecular weight is 435 g/mol. The van der Waals surface area contributed by atoms with Crippen LogP contribution in [0.15, 0.2) is 57.7 Å². The Morgan fingerprint density at radius 2 is 1.53 bits per heavy atom. The molecule has 0 unspecified atom stereocenters. The van der Waals surface area contributed by atoms with E-state index in [2.05, 4.69) is 19.1 Å². The van der Waals surface area contributed by atoms with Gasteiger partial charge in [-0.3, -0.25) is 9.59 Å². The van der Waals surface area contributed by atoms with Crippen LogP contribution in [0.4, 0.5) is 0 Å². The Morgan fingerprint density at radius 1 is 0.875 bits per heavy atom. The number of rotatable bonds is 13. The Balaban J connectivity index is 1.59. The summed E-state index contributed by atoms with van der Waals surface area (Å²) in [4.78, 5) is 23.7. The van der Waals surface area contributed by atoms with Crippen molar-refractivity contribution in [2.24, 2.45) is 0 Å². The lowest BCUT2D eigenvalue weighted by Crippen LogP contribution is -2.05. The molecule has 170 valence electrons. The van der Waals surface area contributed by atoms with E-state index in [-0.39, 0.29) is 11.8 Å². The van der Waals surface area contributed by atoms with Crippen LogP contribution >= 0.6 is 0 Å². The molecule has 0 atom stereocenters. The summed E-state index contributed by atoms with van der Waals surface area (Å²) < 4.78 is 6.00. The lowest BCUT2D eigenvalue weighted by Gasteiger charge is -2.08. The van der Waals surface area contributed by atoms with Gasteiger partial charge in [-0.25, -0.2) is 0 Å². The molecule has 0 aliphatic heterocycles. The van der Waals surface area contributed by atoms with Crippen molar-refractivity contribution in [1.29, 1.82) is 0 Å². The Bertz CT molecular complexity index is 1060. The van der Waals surface area contributed by atoms with Gasteiger partial charge in [0.1, 0.15) is 11.3 Å². The van der Waals surface area contributed by atoms with E-state index in [1.165, 1.54) is 69.4 Å². The molecule has 0 saturated carbocycles. The largest absolute Gasteiger partial charge is 0.481 e. The van der Waals surface area contributed by atoms with E-state index in [0.29, 0.717) is 22.3 Å². The van der Waals surface area contributed by atoms with Crippen LogP contribution in [-0.2, 0) is 17.6 Å². The molecule has 0 aliphatic carbocycles. The number of fused-ring (bicyclic) bond motifs is 1. The van der Waals surface area contributed by atoms with Gasteiger partial charge in [-0.15, -0.1) is 0 Å². The topological polar surface area (TPSA) is 67.5 Å². The summed E-state index contributed by atoms with van der Waals surface area (Å²) in [7, 11) is 0. The molecule has 4 nitrogen and oxygen atoms in total. The third kappa shape index (κ3) is 6.81. The molecule has 0 spiro atoms. The number of carboxylic acid groups (broad SMARTS) is 1. The van der Waals surface area contributed by atoms with E-state index in [0.717, 1.165) is 12.0 Å². The zero-order valence-corrected chi connectivity index (χ0v) is 19.1. The Kier molecular flexibility index (Phi) is 9.09. The first-order chi connectivity index (χ1) is 15.6. The summed E-state index contributed by atoms with van der Waals surface area (Å²) in [5.41, 5.74) is 2.82. The van der Waals surface area contributed by atoms with E-state index in [1.54, 1.807) is 18.2 Å². The minimum atomic E-state index is -0.952. The molecule has 0 aliphatic rings. The molecule has 1 N–H and O–H groups in total. The molecule has 0 amide bonds. The van der Waals surface area contributed by atoms with Crippen LogP contribution in [-0.4, -0.2) is 11.1 Å². The highest BCUT2D eigenvalue weighted by atomic mass is 16.4. The number of aliphatic carboxylic acids is 1. The summed E-state index contributed by atoms with van der Waals surface area (Å²) >= 11 is 0. The van der Waals surface area contributed by atoms with E-state index < -0.39 is 5.97 Å². The summed E-state index contributed by atoms with van der Waals surface area (Å²) in [6, 6.07) is 14.7. The molecule has 0 fully saturated rings. The quantitative estimate of drug-likeness (QED) is 0.290. The summed E-state index contributed by atoms with van der Waals surface area (Å²) in [6.45, 7) is 2.25. The Hall–Kier alpha value is -2.88. The van der Waals surface area contributed by atoms with Gasteiger partial charge in [0.2, 0.25) is 0 Å². The van der Waals surface area contributed by atoms with Gasteiger partial charge >= 0.3 is 5.97 Å². The first kappa shape index (κ1) is 23.8. The first-order valence-electron chi connectivity index (χ1n) is 12.0. The lowest BCUT2D eigenvalue weighted by molar-refractivity contribution is -0.136. The molecular weight excluding hydrogens is 400 g/mol. The van der Waals surface area contributed by atoms with Crippen molar-refractivity contribution >= 4 is 16.9 Å². The maximum atomic E-state index is 12.6. The third-order valence-electron chi connectivity index (χ3n) is 5.99. The molecular formula is C28H34O4. The van der Waals surface area contributed by atoms with Crippen molar-refractivity contribution in [2.75, 3.05) is 0 Å². The summed E-state index contributed by atoms with van der Waals surface area (Å²) in [5.74, 6) is -0.485. The number of hydrogen-bond donors (Lipinski definition) is 1. The van der Waals surface area contributed by atoms with Gasteiger partial charge in [-0.2, -0.15) is 0 Å². The van der Waals surface area contributed by atoms with Crippen molar-refractivity contribution in [1.82, 2.24) is 0 Å². The predicted octanol–water partition coefficient (Wildman–Crippen LogP) is 7.16. The van der Waals surface area contributed by atoms with Crippen molar-refractivity contribution in [3.05, 3.63) is 69.9 Å². The highest BCUT2D eigenvalue weighted by molar-refractivity contribution is 5.85. The van der Waals surface area contributed by atoms with Gasteiger partial charge in [0.15, 0.2) is 5.43 Å². The van der Waals surface area contributed by atoms with Crippen LogP contribution in [0.3, 0.4) is 0 Å². The van der Waals surface area contributed by atoms with Gasteiger partial charge in [0, 0.05) is 17.2 Å². The van der Waals surface area contributed by atoms with Crippen molar-refractivity contribution in [3.63, 3.8) is 0 Å². The standard InChI is InChI=1S/C28H34O4/c1-2-3-4-5-6-7-8-9-10-12-21-15-17-22(18-16-21)26-20-25(29)24-14-11-13-23(19-27(30)31)28(24)32-26/h11,13-18,20H,2-10,12,19H2,1H3,(H,30,31). The molecule has 0 radical (unpaired) electrons. The minimum Gasteiger partial charge on any atom is -0.481 e. The highest BCUT2D eigenvalue weighted by Gasteiger charge is 2.12. The lowest BCUT2D eigenvalue weighted by atomic mass is 10.0. The third-order valence-corrected chi connectivity index (χ3v) is 5.99. The van der Waals surface area contributed by atoms with Crippen molar-refractivity contribution < 1.29 is 14.3 Å². The SMILES string of the molecule is CCCCCCCCCCCc1ccc(-c2cc(=O)c3cccc(CC(=O)O)c3o2)cc1. The van der Waals surface area contributed by atoms with Gasteiger partial charge in [-0.05, 0) is 24.5 Å². The first-order valence-corrected chi connectivity index (χ1v) is 12.0. The van der Waals surface area contributed by atoms with Crippen LogP contribution in [0.1, 0.15) is 75.8 Å². The summed E-state index contributed by atoms with van der Waals surface area (Å²) in [6.07, 6.45) is 12.8. The van der Waals surface area contributed by atoms with E-state index in [1.807, 2.05) is 12.1 Å². The maximum Gasteiger partial charge on any atom is 0.307 e. The molecule has 0 bridgehead atoms. The van der Waals surface area contributed by atoms with E-state index >= 15 is 0 Å². The van der Waals surface area contributed by atoms with Gasteiger partial charge < -0.3 is 9.52 Å². The van der Waals surface area contributed by atoms with Gasteiger partial charge in [0.05, 0.1) is 11.8 Å². The van der Waals surface area contributed by atoms with Crippen LogP contribution in [0.5, 0.6) is 0 Å². The van der Waals surface area contributed by atoms with Crippen molar-refractivity contribution in [3.8, 4) is 11.3 Å². The Labute approximate surface area is 190 Å². The van der Waals surface area contributed by atoms with E-state index in [4.69, 9.17) is 9.52 Å². The minimum absolute atomic E-state index is 0.160. The second-order valence-corrected chi connectivity index (χ2v) is 8.61. The monoisotopic (exact) mass is 434 g/mol. The van der Waals surface area contributed by atoms with Crippen LogP contribution in [0, 0.1) is 0 Å².